The number of hydrogen-bond acceptors (Lipinski definition) is 5. The van der Waals surface area contributed by atoms with Gasteiger partial charge in [0.05, 0.1) is 13.0 Å². The van der Waals surface area contributed by atoms with Crippen LogP contribution in [0.3, 0.4) is 0 Å². The molecular weight excluding hydrogens is 321 g/mol. The summed E-state index contributed by atoms with van der Waals surface area (Å²) in [6.45, 7) is -1.66. The zero-order chi connectivity index (χ0) is 16.9. The number of aliphatic hydroxyl groups is 2. The van der Waals surface area contributed by atoms with Gasteiger partial charge in [0, 0.05) is 6.20 Å². The highest BCUT2D eigenvalue weighted by atomic mass is 19.3. The lowest BCUT2D eigenvalue weighted by Crippen LogP contribution is -2.54. The fraction of sp³-hybridized carbons (Fsp3) is 0.636. The van der Waals surface area contributed by atoms with Gasteiger partial charge in [0.1, 0.15) is 0 Å². The first-order valence-corrected chi connectivity index (χ1v) is 5.92. The summed E-state index contributed by atoms with van der Waals surface area (Å²) in [5.74, 6) is -8.53. The van der Waals surface area contributed by atoms with Gasteiger partial charge in [0.15, 0.2) is 17.5 Å². The van der Waals surface area contributed by atoms with Crippen LogP contribution in [0.4, 0.5) is 22.0 Å². The van der Waals surface area contributed by atoms with Crippen LogP contribution >= 0.6 is 0 Å². The van der Waals surface area contributed by atoms with E-state index in [4.69, 9.17) is 5.11 Å². The molecule has 0 radical (unpaired) electrons. The molecule has 1 amide bonds. The third-order valence-corrected chi connectivity index (χ3v) is 3.48. The Hall–Kier alpha value is -1.59. The van der Waals surface area contributed by atoms with Gasteiger partial charge in [-0.3, -0.25) is 14.5 Å². The van der Waals surface area contributed by atoms with E-state index >= 15 is 0 Å². The highest BCUT2D eigenvalue weighted by Gasteiger charge is 2.71. The summed E-state index contributed by atoms with van der Waals surface area (Å²) < 4.78 is 71.4. The molecule has 2 aliphatic rings. The topological polar surface area (TPSA) is 87.1 Å². The van der Waals surface area contributed by atoms with Crippen molar-refractivity contribution in [3.8, 4) is 0 Å². The van der Waals surface area contributed by atoms with Crippen LogP contribution in [-0.2, 0) is 14.3 Å². The van der Waals surface area contributed by atoms with Gasteiger partial charge in [-0.15, -0.1) is 0 Å². The lowest BCUT2D eigenvalue weighted by Gasteiger charge is -2.31. The maximum atomic E-state index is 14.0. The summed E-state index contributed by atoms with van der Waals surface area (Å²) in [6.07, 6.45) is -10.6. The Balaban J connectivity index is 2.44. The van der Waals surface area contributed by atoms with E-state index in [0.717, 1.165) is 0 Å². The van der Waals surface area contributed by atoms with Gasteiger partial charge in [0.2, 0.25) is 17.9 Å². The van der Waals surface area contributed by atoms with E-state index in [1.165, 1.54) is 0 Å². The van der Waals surface area contributed by atoms with E-state index < -0.39 is 60.8 Å². The van der Waals surface area contributed by atoms with Crippen molar-refractivity contribution < 1.29 is 46.5 Å². The summed E-state index contributed by atoms with van der Waals surface area (Å²) in [5.41, 5.74) is -3.33. The lowest BCUT2D eigenvalue weighted by molar-refractivity contribution is -0.204. The average molecular weight is 331 g/mol. The first-order chi connectivity index (χ1) is 10.1. The molecule has 6 nitrogen and oxygen atoms in total. The Morgan fingerprint density at radius 1 is 1.41 bits per heavy atom. The van der Waals surface area contributed by atoms with Crippen molar-refractivity contribution in [2.45, 2.75) is 36.7 Å². The molecule has 0 unspecified atom stereocenters. The Morgan fingerprint density at radius 2 is 2.00 bits per heavy atom. The molecule has 124 valence electrons. The zero-order valence-corrected chi connectivity index (χ0v) is 10.7. The fourth-order valence-corrected chi connectivity index (χ4v) is 2.20. The second kappa shape index (κ2) is 5.25. The van der Waals surface area contributed by atoms with E-state index in [0.29, 0.717) is 0 Å². The van der Waals surface area contributed by atoms with Gasteiger partial charge < -0.3 is 14.9 Å². The summed E-state index contributed by atoms with van der Waals surface area (Å²) in [6, 6.07) is 0. The monoisotopic (exact) mass is 331 g/mol. The number of ether oxygens (including phenoxy) is 1. The minimum atomic E-state index is -4.42. The van der Waals surface area contributed by atoms with Crippen molar-refractivity contribution in [1.82, 2.24) is 4.90 Å². The van der Waals surface area contributed by atoms with Gasteiger partial charge in [0.25, 0.3) is 6.43 Å². The van der Waals surface area contributed by atoms with Crippen LogP contribution in [0, 0.1) is 0 Å². The number of carbonyl (C=O) groups is 2. The second-order valence-corrected chi connectivity index (χ2v) is 4.84. The van der Waals surface area contributed by atoms with Crippen molar-refractivity contribution >= 4 is 11.7 Å². The van der Waals surface area contributed by atoms with E-state index in [1.807, 2.05) is 0 Å². The Labute approximate surface area is 119 Å². The minimum Gasteiger partial charge on any atom is -0.393 e. The van der Waals surface area contributed by atoms with Gasteiger partial charge in [-0.05, 0) is 0 Å². The van der Waals surface area contributed by atoms with Crippen LogP contribution in [-0.4, -0.2) is 63.7 Å². The quantitative estimate of drug-likeness (QED) is 0.559. The van der Waals surface area contributed by atoms with E-state index in [-0.39, 0.29) is 11.1 Å². The van der Waals surface area contributed by atoms with E-state index in [1.54, 1.807) is 0 Å². The van der Waals surface area contributed by atoms with Gasteiger partial charge in [-0.2, -0.15) is 8.78 Å². The van der Waals surface area contributed by atoms with Crippen LogP contribution in [0.25, 0.3) is 0 Å². The standard InChI is InChI=1S/C11H10F5NO5/c12-4-2-17(6(20)1-5(4)19)9-11(15,16)7(21)10(3-18,22-9)8(13)14/h2,7-9,18,21H,1,3H2/t7-,9-,10-/m1/s1. The molecular formula is C11H10F5NO5. The van der Waals surface area contributed by atoms with Crippen LogP contribution < -0.4 is 0 Å². The number of nitrogens with zero attached hydrogens (tertiary/aromatic N) is 1. The number of Topliss-reactive ketones (excluding diaryl/α,β-unsaturated/α-hetero) is 1. The van der Waals surface area contributed by atoms with Gasteiger partial charge in [-0.1, -0.05) is 0 Å². The maximum Gasteiger partial charge on any atom is 0.320 e. The lowest BCUT2D eigenvalue weighted by atomic mass is 9.95. The molecule has 2 aliphatic heterocycles. The van der Waals surface area contributed by atoms with Gasteiger partial charge >= 0.3 is 5.92 Å². The molecule has 3 atom stereocenters. The highest BCUT2D eigenvalue weighted by molar-refractivity contribution is 6.08. The molecule has 2 rings (SSSR count). The molecule has 22 heavy (non-hydrogen) atoms. The largest absolute Gasteiger partial charge is 0.393 e. The SMILES string of the molecule is O=C1CC(=O)N([C@@H]2O[C@@](CO)(C(F)F)[C@@H](O)C2(F)F)C=C1F. The van der Waals surface area contributed by atoms with Crippen LogP contribution in [0.1, 0.15) is 6.42 Å². The van der Waals surface area contributed by atoms with Crippen molar-refractivity contribution in [3.63, 3.8) is 0 Å². The molecule has 2 heterocycles. The molecule has 2 N–H and O–H groups in total. The van der Waals surface area contributed by atoms with Crippen molar-refractivity contribution in [1.29, 1.82) is 0 Å². The summed E-state index contributed by atoms with van der Waals surface area (Å²) >= 11 is 0. The molecule has 1 saturated heterocycles. The Morgan fingerprint density at radius 3 is 2.45 bits per heavy atom. The molecule has 1 fully saturated rings. The summed E-state index contributed by atoms with van der Waals surface area (Å²) in [5, 5.41) is 18.3. The number of aliphatic hydroxyl groups excluding tert-OH is 2. The van der Waals surface area contributed by atoms with E-state index in [2.05, 4.69) is 4.74 Å². The Bertz CT molecular complexity index is 539. The molecule has 0 aromatic carbocycles. The molecule has 0 aliphatic carbocycles. The molecule has 0 saturated carbocycles. The van der Waals surface area contributed by atoms with Crippen molar-refractivity contribution in [2.75, 3.05) is 6.61 Å². The number of allylic oxidation sites excluding steroid dienone is 1. The summed E-state index contributed by atoms with van der Waals surface area (Å²) in [7, 11) is 0. The van der Waals surface area contributed by atoms with Crippen LogP contribution in [0.2, 0.25) is 0 Å². The molecule has 0 bridgehead atoms. The first-order valence-electron chi connectivity index (χ1n) is 5.92. The van der Waals surface area contributed by atoms with Crippen LogP contribution in [0.15, 0.2) is 12.0 Å². The first kappa shape index (κ1) is 16.8. The highest BCUT2D eigenvalue weighted by Crippen LogP contribution is 2.47. The van der Waals surface area contributed by atoms with Crippen molar-refractivity contribution in [2.24, 2.45) is 0 Å². The van der Waals surface area contributed by atoms with Gasteiger partial charge in [-0.25, -0.2) is 13.2 Å². The van der Waals surface area contributed by atoms with Crippen LogP contribution in [0.5, 0.6) is 0 Å². The number of halogens is 5. The molecule has 0 aromatic rings. The number of amides is 1. The predicted octanol–water partition coefficient (Wildman–Crippen LogP) is -0.0526. The third-order valence-electron chi connectivity index (χ3n) is 3.48. The maximum absolute atomic E-state index is 14.0. The average Bonchev–Trinajstić information content (AvgIpc) is 2.63. The van der Waals surface area contributed by atoms with Crippen molar-refractivity contribution in [3.05, 3.63) is 12.0 Å². The van der Waals surface area contributed by atoms with E-state index in [9.17, 15) is 36.6 Å². The molecule has 11 heteroatoms. The third kappa shape index (κ3) is 2.20. The number of hydrogen-bond donors (Lipinski definition) is 2. The predicted molar refractivity (Wildman–Crippen MR) is 57.3 cm³/mol. The zero-order valence-electron chi connectivity index (χ0n) is 10.7. The summed E-state index contributed by atoms with van der Waals surface area (Å²) in [4.78, 5) is 22.4. The number of rotatable bonds is 3. The smallest absolute Gasteiger partial charge is 0.320 e. The minimum absolute atomic E-state index is 0.0697. The number of carbonyl (C=O) groups excluding carboxylic acids is 2. The normalized spacial score (nSPS) is 35.3. The fourth-order valence-electron chi connectivity index (χ4n) is 2.20. The second-order valence-electron chi connectivity index (χ2n) is 4.84. The number of ketones is 1. The molecule has 0 aromatic heterocycles. The number of alkyl halides is 4. The molecule has 0 spiro atoms. The Kier molecular flexibility index (Phi) is 4.00.